The number of hydrogen-bond donors (Lipinski definition) is 0. The van der Waals surface area contributed by atoms with Gasteiger partial charge >= 0.3 is 0 Å². The van der Waals surface area contributed by atoms with E-state index in [-0.39, 0.29) is 10.8 Å². The first kappa shape index (κ1) is 18.7. The van der Waals surface area contributed by atoms with Gasteiger partial charge in [-0.1, -0.05) is 13.0 Å². The lowest BCUT2D eigenvalue weighted by atomic mass is 10.2. The highest BCUT2D eigenvalue weighted by Crippen LogP contribution is 2.47. The molecule has 26 heavy (non-hydrogen) atoms. The predicted octanol–water partition coefficient (Wildman–Crippen LogP) is 2.93. The maximum atomic E-state index is 12.7. The number of rotatable bonds is 6. The zero-order valence-electron chi connectivity index (χ0n) is 15.5. The summed E-state index contributed by atoms with van der Waals surface area (Å²) in [5.41, 5.74) is 0.331. The topological polar surface area (TPSA) is 70.8 Å². The van der Waals surface area contributed by atoms with Crippen molar-refractivity contribution in [3.8, 4) is 0 Å². The van der Waals surface area contributed by atoms with Gasteiger partial charge in [-0.25, -0.2) is 12.7 Å². The molecule has 7 heteroatoms. The Morgan fingerprint density at radius 3 is 2.50 bits per heavy atom. The van der Waals surface area contributed by atoms with Crippen molar-refractivity contribution in [1.29, 1.82) is 0 Å². The minimum Gasteiger partial charge on any atom is -0.464 e. The first-order valence-corrected chi connectivity index (χ1v) is 10.0. The fourth-order valence-electron chi connectivity index (χ4n) is 2.92. The molecule has 0 unspecified atom stereocenters. The highest BCUT2D eigenvalue weighted by molar-refractivity contribution is 7.89. The standard InChI is InChI=1S/C19H24N2O4S/c1-13-10-17(13)18-9-8-15(25-18)12-21(4)19(22)14-6-5-7-16(11-14)26(23,24)20(2)3/h5-9,11,13,17H,10,12H2,1-4H3/t13-,17-/m0/s1. The van der Waals surface area contributed by atoms with Crippen LogP contribution in [-0.2, 0) is 16.6 Å². The summed E-state index contributed by atoms with van der Waals surface area (Å²) in [5, 5.41) is 0. The van der Waals surface area contributed by atoms with Crippen LogP contribution in [0.5, 0.6) is 0 Å². The summed E-state index contributed by atoms with van der Waals surface area (Å²) in [6.07, 6.45) is 1.15. The molecule has 6 nitrogen and oxygen atoms in total. The van der Waals surface area contributed by atoms with Crippen molar-refractivity contribution in [1.82, 2.24) is 9.21 Å². The van der Waals surface area contributed by atoms with Crippen molar-refractivity contribution >= 4 is 15.9 Å². The average Bonchev–Trinajstić information content (AvgIpc) is 3.15. The smallest absolute Gasteiger partial charge is 0.254 e. The van der Waals surface area contributed by atoms with Crippen LogP contribution >= 0.6 is 0 Å². The fraction of sp³-hybridized carbons (Fsp3) is 0.421. The van der Waals surface area contributed by atoms with Gasteiger partial charge in [0.15, 0.2) is 0 Å². The molecule has 0 aliphatic heterocycles. The molecule has 3 rings (SSSR count). The van der Waals surface area contributed by atoms with Crippen molar-refractivity contribution in [3.05, 3.63) is 53.5 Å². The van der Waals surface area contributed by atoms with Crippen LogP contribution in [0.1, 0.15) is 41.1 Å². The second-order valence-electron chi connectivity index (χ2n) is 7.10. The second kappa shape index (κ2) is 6.89. The van der Waals surface area contributed by atoms with Crippen molar-refractivity contribution in [2.24, 2.45) is 5.92 Å². The Labute approximate surface area is 154 Å². The second-order valence-corrected chi connectivity index (χ2v) is 9.25. The first-order chi connectivity index (χ1) is 12.2. The van der Waals surface area contributed by atoms with Crippen molar-refractivity contribution in [2.75, 3.05) is 21.1 Å². The van der Waals surface area contributed by atoms with Crippen LogP contribution in [0.25, 0.3) is 0 Å². The number of furan rings is 1. The van der Waals surface area contributed by atoms with Crippen LogP contribution in [-0.4, -0.2) is 44.7 Å². The molecule has 0 spiro atoms. The van der Waals surface area contributed by atoms with Crippen LogP contribution in [0.15, 0.2) is 45.7 Å². The lowest BCUT2D eigenvalue weighted by Crippen LogP contribution is -2.27. The van der Waals surface area contributed by atoms with Gasteiger partial charge in [-0.3, -0.25) is 4.79 Å². The molecule has 2 atom stereocenters. The minimum absolute atomic E-state index is 0.102. The highest BCUT2D eigenvalue weighted by atomic mass is 32.2. The lowest BCUT2D eigenvalue weighted by molar-refractivity contribution is 0.0774. The van der Waals surface area contributed by atoms with Gasteiger partial charge < -0.3 is 9.32 Å². The highest BCUT2D eigenvalue weighted by Gasteiger charge is 2.36. The largest absolute Gasteiger partial charge is 0.464 e. The molecule has 1 aromatic heterocycles. The van der Waals surface area contributed by atoms with Crippen molar-refractivity contribution in [2.45, 2.75) is 30.7 Å². The molecule has 1 saturated carbocycles. The molecule has 1 aromatic carbocycles. The predicted molar refractivity (Wildman–Crippen MR) is 98.3 cm³/mol. The quantitative estimate of drug-likeness (QED) is 0.777. The zero-order chi connectivity index (χ0) is 19.1. The number of carbonyl (C=O) groups is 1. The first-order valence-electron chi connectivity index (χ1n) is 8.57. The van der Waals surface area contributed by atoms with Gasteiger partial charge in [-0.2, -0.15) is 0 Å². The summed E-state index contributed by atoms with van der Waals surface area (Å²) in [6, 6.07) is 9.97. The molecule has 1 fully saturated rings. The van der Waals surface area contributed by atoms with E-state index in [0.29, 0.717) is 23.9 Å². The number of hydrogen-bond acceptors (Lipinski definition) is 4. The molecule has 2 aromatic rings. The number of sulfonamides is 1. The van der Waals surface area contributed by atoms with E-state index in [4.69, 9.17) is 4.42 Å². The van der Waals surface area contributed by atoms with Crippen molar-refractivity contribution < 1.29 is 17.6 Å². The summed E-state index contributed by atoms with van der Waals surface area (Å²) in [6.45, 7) is 2.53. The van der Waals surface area contributed by atoms with Gasteiger partial charge in [0.05, 0.1) is 11.4 Å². The fourth-order valence-corrected chi connectivity index (χ4v) is 3.87. The third kappa shape index (κ3) is 3.68. The van der Waals surface area contributed by atoms with E-state index in [9.17, 15) is 13.2 Å². The van der Waals surface area contributed by atoms with E-state index in [1.807, 2.05) is 12.1 Å². The van der Waals surface area contributed by atoms with Gasteiger partial charge in [0.25, 0.3) is 5.91 Å². The lowest BCUT2D eigenvalue weighted by Gasteiger charge is -2.17. The van der Waals surface area contributed by atoms with E-state index < -0.39 is 10.0 Å². The average molecular weight is 376 g/mol. The number of benzene rings is 1. The van der Waals surface area contributed by atoms with Gasteiger partial charge in [0.1, 0.15) is 11.5 Å². The Morgan fingerprint density at radius 1 is 1.19 bits per heavy atom. The third-order valence-corrected chi connectivity index (χ3v) is 6.57. The normalized spacial score (nSPS) is 19.6. The molecule has 1 heterocycles. The van der Waals surface area contributed by atoms with E-state index in [2.05, 4.69) is 6.92 Å². The van der Waals surface area contributed by atoms with Crippen molar-refractivity contribution in [3.63, 3.8) is 0 Å². The minimum atomic E-state index is -3.58. The summed E-state index contributed by atoms with van der Waals surface area (Å²) >= 11 is 0. The Kier molecular flexibility index (Phi) is 4.94. The molecule has 0 radical (unpaired) electrons. The molecular weight excluding hydrogens is 352 g/mol. The summed E-state index contributed by atoms with van der Waals surface area (Å²) in [5.74, 6) is 2.62. The summed E-state index contributed by atoms with van der Waals surface area (Å²) in [4.78, 5) is 14.3. The van der Waals surface area contributed by atoms with E-state index in [1.165, 1.54) is 31.1 Å². The van der Waals surface area contributed by atoms with E-state index in [0.717, 1.165) is 22.2 Å². The SMILES string of the molecule is C[C@H]1C[C@@H]1c1ccc(CN(C)C(=O)c2cccc(S(=O)(=O)N(C)C)c2)o1. The Balaban J connectivity index is 1.73. The maximum Gasteiger partial charge on any atom is 0.254 e. The summed E-state index contributed by atoms with van der Waals surface area (Å²) in [7, 11) is 1.03. The van der Waals surface area contributed by atoms with E-state index in [1.54, 1.807) is 19.2 Å². The molecule has 0 N–H and O–H groups in total. The molecule has 0 bridgehead atoms. The van der Waals surface area contributed by atoms with Crippen LogP contribution in [0.4, 0.5) is 0 Å². The molecule has 1 amide bonds. The molecular formula is C19H24N2O4S. The van der Waals surface area contributed by atoms with Crippen LogP contribution in [0.3, 0.4) is 0 Å². The van der Waals surface area contributed by atoms with Crippen LogP contribution < -0.4 is 0 Å². The third-order valence-electron chi connectivity index (χ3n) is 4.76. The maximum absolute atomic E-state index is 12.7. The number of carbonyl (C=O) groups excluding carboxylic acids is 1. The van der Waals surface area contributed by atoms with Crippen LogP contribution in [0, 0.1) is 5.92 Å². The van der Waals surface area contributed by atoms with Gasteiger partial charge in [-0.15, -0.1) is 0 Å². The Bertz CT molecular complexity index is 917. The Hall–Kier alpha value is -2.12. The number of amides is 1. The van der Waals surface area contributed by atoms with Crippen LogP contribution in [0.2, 0.25) is 0 Å². The number of nitrogens with zero attached hydrogens (tertiary/aromatic N) is 2. The molecule has 1 aliphatic rings. The van der Waals surface area contributed by atoms with Gasteiger partial charge in [0.2, 0.25) is 10.0 Å². The zero-order valence-corrected chi connectivity index (χ0v) is 16.3. The Morgan fingerprint density at radius 2 is 1.88 bits per heavy atom. The van der Waals surface area contributed by atoms with Gasteiger partial charge in [0, 0.05) is 32.6 Å². The summed E-state index contributed by atoms with van der Waals surface area (Å²) < 4.78 is 31.5. The van der Waals surface area contributed by atoms with Gasteiger partial charge in [-0.05, 0) is 42.7 Å². The molecule has 0 saturated heterocycles. The van der Waals surface area contributed by atoms with E-state index >= 15 is 0 Å². The molecule has 140 valence electrons. The monoisotopic (exact) mass is 376 g/mol. The molecule has 1 aliphatic carbocycles.